The van der Waals surface area contributed by atoms with Crippen molar-refractivity contribution in [3.63, 3.8) is 0 Å². The Hall–Kier alpha value is -2.33. The fraction of sp³-hybridized carbons (Fsp3) is 0.581. The Bertz CT molecular complexity index is 1380. The lowest BCUT2D eigenvalue weighted by molar-refractivity contribution is -0.126. The first-order valence-electron chi connectivity index (χ1n) is 14.8. The van der Waals surface area contributed by atoms with Crippen LogP contribution in [0, 0.1) is 11.8 Å². The van der Waals surface area contributed by atoms with Gasteiger partial charge in [-0.25, -0.2) is 13.1 Å². The lowest BCUT2D eigenvalue weighted by Gasteiger charge is -2.46. The zero-order valence-electron chi connectivity index (χ0n) is 23.5. The summed E-state index contributed by atoms with van der Waals surface area (Å²) in [7, 11) is -3.90. The van der Waals surface area contributed by atoms with Crippen molar-refractivity contribution in [2.45, 2.75) is 76.8 Å². The molecule has 8 nitrogen and oxygen atoms in total. The van der Waals surface area contributed by atoms with Crippen molar-refractivity contribution < 1.29 is 27.4 Å². The molecule has 41 heavy (non-hydrogen) atoms. The van der Waals surface area contributed by atoms with Gasteiger partial charge >= 0.3 is 0 Å². The van der Waals surface area contributed by atoms with Crippen LogP contribution in [0.4, 0.5) is 5.69 Å². The van der Waals surface area contributed by atoms with E-state index in [-0.39, 0.29) is 23.5 Å². The highest BCUT2D eigenvalue weighted by atomic mass is 35.5. The molecule has 10 heteroatoms. The summed E-state index contributed by atoms with van der Waals surface area (Å²) < 4.78 is 47.0. The minimum atomic E-state index is -3.90. The molecule has 0 aromatic heterocycles. The van der Waals surface area contributed by atoms with Crippen LogP contribution < -0.4 is 14.4 Å². The summed E-state index contributed by atoms with van der Waals surface area (Å²) in [6.07, 6.45) is 6.13. The van der Waals surface area contributed by atoms with Crippen molar-refractivity contribution in [3.05, 3.63) is 58.1 Å². The van der Waals surface area contributed by atoms with Gasteiger partial charge in [-0.15, -0.1) is 0 Å². The standard InChI is InChI=1S/C31H39ClN2O6S/c1-20-19-41(36,37)33-31(35)22-7-10-29-28(15-22)34(12-3-2-4-21-14-25(32)8-5-24(21)18-39-29)17-23-6-9-27(23)30-16-26(40-20)11-13-38-30/h5,7-8,10,14-15,20,23,26-27,30H,2-4,6,9,11-13,16-19H2,1H3,(H,33,35)/t20-,23-,26+,27+,30-/m0/s1. The molecule has 2 aromatic carbocycles. The number of sulfonamides is 1. The molecule has 0 spiro atoms. The van der Waals surface area contributed by atoms with E-state index in [4.69, 9.17) is 25.8 Å². The van der Waals surface area contributed by atoms with E-state index in [2.05, 4.69) is 9.62 Å². The van der Waals surface area contributed by atoms with Gasteiger partial charge in [0, 0.05) is 36.7 Å². The molecule has 1 N–H and O–H groups in total. The van der Waals surface area contributed by atoms with Crippen LogP contribution in [-0.2, 0) is 32.5 Å². The number of halogens is 1. The van der Waals surface area contributed by atoms with Gasteiger partial charge in [0.2, 0.25) is 10.0 Å². The molecule has 3 heterocycles. The van der Waals surface area contributed by atoms with Gasteiger partial charge < -0.3 is 19.1 Å². The van der Waals surface area contributed by atoms with Gasteiger partial charge in [-0.2, -0.15) is 0 Å². The maximum Gasteiger partial charge on any atom is 0.264 e. The second-order valence-corrected chi connectivity index (χ2v) is 14.2. The molecular formula is C31H39ClN2O6S. The predicted molar refractivity (Wildman–Crippen MR) is 158 cm³/mol. The summed E-state index contributed by atoms with van der Waals surface area (Å²) in [5.41, 5.74) is 3.40. The van der Waals surface area contributed by atoms with Crippen LogP contribution in [0.3, 0.4) is 0 Å². The number of rotatable bonds is 0. The molecule has 4 aliphatic rings. The molecule has 0 radical (unpaired) electrons. The van der Waals surface area contributed by atoms with E-state index in [0.29, 0.717) is 30.8 Å². The van der Waals surface area contributed by atoms with E-state index >= 15 is 0 Å². The van der Waals surface area contributed by atoms with Crippen molar-refractivity contribution in [1.82, 2.24) is 4.72 Å². The molecule has 4 bridgehead atoms. The summed E-state index contributed by atoms with van der Waals surface area (Å²) >= 11 is 6.31. The molecule has 2 aromatic rings. The Morgan fingerprint density at radius 3 is 2.76 bits per heavy atom. The van der Waals surface area contributed by atoms with Crippen molar-refractivity contribution in [2.75, 3.05) is 30.3 Å². The van der Waals surface area contributed by atoms with Gasteiger partial charge in [0.25, 0.3) is 5.91 Å². The van der Waals surface area contributed by atoms with Crippen molar-refractivity contribution in [3.8, 4) is 5.75 Å². The smallest absolute Gasteiger partial charge is 0.264 e. The Labute approximate surface area is 247 Å². The van der Waals surface area contributed by atoms with E-state index in [1.165, 1.54) is 5.56 Å². The number of nitrogens with zero attached hydrogens (tertiary/aromatic N) is 1. The summed E-state index contributed by atoms with van der Waals surface area (Å²) in [4.78, 5) is 15.6. The van der Waals surface area contributed by atoms with Crippen molar-refractivity contribution in [2.24, 2.45) is 11.8 Å². The molecule has 1 amide bonds. The third-order valence-electron chi connectivity index (χ3n) is 9.04. The minimum absolute atomic E-state index is 0.0515. The van der Waals surface area contributed by atoms with Crippen molar-refractivity contribution >= 4 is 33.2 Å². The Balaban J connectivity index is 1.36. The quantitative estimate of drug-likeness (QED) is 0.448. The van der Waals surface area contributed by atoms with E-state index in [1.807, 2.05) is 18.2 Å². The highest BCUT2D eigenvalue weighted by molar-refractivity contribution is 7.90. The number of anilines is 1. The number of ether oxygens (including phenoxy) is 3. The van der Waals surface area contributed by atoms with Gasteiger partial charge in [-0.1, -0.05) is 17.7 Å². The molecule has 222 valence electrons. The molecular weight excluding hydrogens is 564 g/mol. The summed E-state index contributed by atoms with van der Waals surface area (Å²) in [5.74, 6) is 0.634. The van der Waals surface area contributed by atoms with Crippen LogP contribution in [0.15, 0.2) is 36.4 Å². The second kappa shape index (κ2) is 12.1. The van der Waals surface area contributed by atoms with Crippen LogP contribution in [-0.4, -0.2) is 58.1 Å². The molecule has 0 unspecified atom stereocenters. The summed E-state index contributed by atoms with van der Waals surface area (Å²) in [5, 5.41) is 0.721. The number of hydrogen-bond acceptors (Lipinski definition) is 7. The normalized spacial score (nSPS) is 30.3. The molecule has 6 rings (SSSR count). The fourth-order valence-corrected chi connectivity index (χ4v) is 8.18. The molecule has 3 aliphatic heterocycles. The zero-order valence-corrected chi connectivity index (χ0v) is 25.1. The maximum absolute atomic E-state index is 13.2. The third-order valence-corrected chi connectivity index (χ3v) is 10.7. The summed E-state index contributed by atoms with van der Waals surface area (Å²) in [6.45, 7) is 4.38. The number of fused-ring (bicyclic) bond motifs is 6. The topological polar surface area (TPSA) is 94.2 Å². The lowest BCUT2D eigenvalue weighted by atomic mass is 9.68. The van der Waals surface area contributed by atoms with E-state index in [1.54, 1.807) is 25.1 Å². The average molecular weight is 603 g/mol. The van der Waals surface area contributed by atoms with E-state index in [9.17, 15) is 13.2 Å². The molecule has 1 aliphatic carbocycles. The maximum atomic E-state index is 13.2. The number of benzene rings is 2. The van der Waals surface area contributed by atoms with Gasteiger partial charge in [-0.3, -0.25) is 4.79 Å². The largest absolute Gasteiger partial charge is 0.487 e. The number of nitrogens with one attached hydrogen (secondary N) is 1. The van der Waals surface area contributed by atoms with Crippen LogP contribution >= 0.6 is 11.6 Å². The molecule has 1 saturated heterocycles. The van der Waals surface area contributed by atoms with Gasteiger partial charge in [0.05, 0.1) is 29.8 Å². The number of carbonyl (C=O) groups excluding carboxylic acids is 1. The third kappa shape index (κ3) is 6.69. The number of carbonyl (C=O) groups is 1. The Morgan fingerprint density at radius 1 is 1.05 bits per heavy atom. The number of amides is 1. The fourth-order valence-electron chi connectivity index (χ4n) is 6.81. The van der Waals surface area contributed by atoms with E-state index in [0.717, 1.165) is 74.3 Å². The Morgan fingerprint density at radius 2 is 1.93 bits per heavy atom. The molecule has 2 fully saturated rings. The first kappa shape index (κ1) is 28.8. The van der Waals surface area contributed by atoms with Crippen LogP contribution in [0.25, 0.3) is 0 Å². The average Bonchev–Trinajstić information content (AvgIpc) is 2.93. The van der Waals surface area contributed by atoms with Gasteiger partial charge in [-0.05, 0) is 98.7 Å². The number of hydrogen-bond donors (Lipinski definition) is 1. The van der Waals surface area contributed by atoms with Crippen LogP contribution in [0.5, 0.6) is 5.75 Å². The predicted octanol–water partition coefficient (Wildman–Crippen LogP) is 5.11. The first-order chi connectivity index (χ1) is 19.7. The highest BCUT2D eigenvalue weighted by Gasteiger charge is 2.41. The van der Waals surface area contributed by atoms with Crippen LogP contribution in [0.2, 0.25) is 5.02 Å². The SMILES string of the molecule is C[C@H]1CS(=O)(=O)NC(=O)c2ccc3c(c2)N(CCCCc2cc(Cl)ccc2CO3)C[C@@H]2CC[C@H]2[C@@H]2C[C@@H](CCO2)O1. The van der Waals surface area contributed by atoms with Crippen LogP contribution in [0.1, 0.15) is 66.9 Å². The second-order valence-electron chi connectivity index (χ2n) is 12.0. The van der Waals surface area contributed by atoms with Gasteiger partial charge in [0.15, 0.2) is 0 Å². The lowest BCUT2D eigenvalue weighted by Crippen LogP contribution is -2.48. The van der Waals surface area contributed by atoms with Crippen molar-refractivity contribution in [1.29, 1.82) is 0 Å². The van der Waals surface area contributed by atoms with Gasteiger partial charge in [0.1, 0.15) is 12.4 Å². The minimum Gasteiger partial charge on any atom is -0.487 e. The summed E-state index contributed by atoms with van der Waals surface area (Å²) in [6, 6.07) is 11.1. The number of aryl methyl sites for hydroxylation is 1. The van der Waals surface area contributed by atoms with E-state index < -0.39 is 22.0 Å². The molecule has 1 saturated carbocycles. The zero-order chi connectivity index (χ0) is 28.6. The molecule has 5 atom stereocenters. The first-order valence-corrected chi connectivity index (χ1v) is 16.9. The monoisotopic (exact) mass is 602 g/mol. The Kier molecular flexibility index (Phi) is 8.50. The highest BCUT2D eigenvalue weighted by Crippen LogP contribution is 2.43.